The number of nitrogens with zero attached hydrogens (tertiary/aromatic N) is 2. The van der Waals surface area contributed by atoms with Crippen molar-refractivity contribution >= 4 is 5.91 Å². The summed E-state index contributed by atoms with van der Waals surface area (Å²) < 4.78 is 5.91. The molecule has 23 heavy (non-hydrogen) atoms. The number of hydrogen-bond acceptors (Lipinski definition) is 3. The van der Waals surface area contributed by atoms with E-state index in [1.807, 2.05) is 29.2 Å². The Bertz CT molecular complexity index is 657. The molecule has 0 radical (unpaired) electrons. The van der Waals surface area contributed by atoms with E-state index in [4.69, 9.17) is 4.74 Å². The van der Waals surface area contributed by atoms with Gasteiger partial charge in [-0.05, 0) is 49.6 Å². The largest absolute Gasteiger partial charge is 0.493 e. The second kappa shape index (κ2) is 7.27. The molecule has 1 unspecified atom stereocenters. The van der Waals surface area contributed by atoms with Crippen LogP contribution in [0.1, 0.15) is 28.8 Å². The van der Waals surface area contributed by atoms with Gasteiger partial charge in [-0.3, -0.25) is 9.78 Å². The summed E-state index contributed by atoms with van der Waals surface area (Å²) in [6.45, 7) is 4.27. The van der Waals surface area contributed by atoms with Gasteiger partial charge >= 0.3 is 0 Å². The van der Waals surface area contributed by atoms with Gasteiger partial charge in [0.15, 0.2) is 0 Å². The van der Waals surface area contributed by atoms with Crippen molar-refractivity contribution in [3.8, 4) is 5.75 Å². The van der Waals surface area contributed by atoms with Gasteiger partial charge in [0.05, 0.1) is 12.2 Å². The molecule has 1 aliphatic rings. The van der Waals surface area contributed by atoms with Crippen molar-refractivity contribution < 1.29 is 9.53 Å². The van der Waals surface area contributed by atoms with Crippen molar-refractivity contribution in [3.63, 3.8) is 0 Å². The van der Waals surface area contributed by atoms with Gasteiger partial charge in [-0.2, -0.15) is 0 Å². The van der Waals surface area contributed by atoms with Crippen LogP contribution in [0.4, 0.5) is 0 Å². The van der Waals surface area contributed by atoms with Gasteiger partial charge in [0, 0.05) is 31.4 Å². The van der Waals surface area contributed by atoms with Gasteiger partial charge in [-0.25, -0.2) is 0 Å². The van der Waals surface area contributed by atoms with E-state index in [-0.39, 0.29) is 5.91 Å². The predicted octanol–water partition coefficient (Wildman–Crippen LogP) is 3.32. The molecule has 3 rings (SSSR count). The molecule has 1 aromatic heterocycles. The summed E-state index contributed by atoms with van der Waals surface area (Å²) in [6, 6.07) is 11.7. The van der Waals surface area contributed by atoms with Crippen molar-refractivity contribution in [3.05, 3.63) is 59.9 Å². The van der Waals surface area contributed by atoms with Crippen LogP contribution in [0.2, 0.25) is 0 Å². The van der Waals surface area contributed by atoms with Gasteiger partial charge in [-0.15, -0.1) is 0 Å². The normalized spacial score (nSPS) is 17.8. The molecule has 120 valence electrons. The highest BCUT2D eigenvalue weighted by molar-refractivity contribution is 5.93. The number of piperidine rings is 1. The molecule has 1 aliphatic heterocycles. The zero-order valence-electron chi connectivity index (χ0n) is 13.4. The summed E-state index contributed by atoms with van der Waals surface area (Å²) in [6.07, 6.45) is 5.44. The van der Waals surface area contributed by atoms with Crippen LogP contribution >= 0.6 is 0 Å². The number of aryl methyl sites for hydroxylation is 1. The van der Waals surface area contributed by atoms with Gasteiger partial charge in [0.25, 0.3) is 5.91 Å². The lowest BCUT2D eigenvalue weighted by atomic mass is 9.98. The number of benzene rings is 1. The van der Waals surface area contributed by atoms with Gasteiger partial charge in [0.1, 0.15) is 5.75 Å². The first-order chi connectivity index (χ1) is 11.2. The first-order valence-corrected chi connectivity index (χ1v) is 8.11. The molecule has 0 aliphatic carbocycles. The molecule has 1 fully saturated rings. The number of carbonyl (C=O) groups excluding carboxylic acids is 1. The van der Waals surface area contributed by atoms with Crippen molar-refractivity contribution in [2.45, 2.75) is 19.8 Å². The molecule has 2 aromatic rings. The Morgan fingerprint density at radius 3 is 3.04 bits per heavy atom. The minimum Gasteiger partial charge on any atom is -0.493 e. The van der Waals surface area contributed by atoms with E-state index in [0.717, 1.165) is 31.7 Å². The molecule has 0 spiro atoms. The first-order valence-electron chi connectivity index (χ1n) is 8.11. The van der Waals surface area contributed by atoms with E-state index in [2.05, 4.69) is 18.0 Å². The Morgan fingerprint density at radius 1 is 1.35 bits per heavy atom. The Kier molecular flexibility index (Phi) is 4.91. The molecular weight excluding hydrogens is 288 g/mol. The third-order valence-corrected chi connectivity index (χ3v) is 4.19. The minimum absolute atomic E-state index is 0.0679. The number of ether oxygens (including phenoxy) is 1. The van der Waals surface area contributed by atoms with Crippen molar-refractivity contribution in [1.29, 1.82) is 0 Å². The molecule has 2 heterocycles. The van der Waals surface area contributed by atoms with Crippen LogP contribution in [0.5, 0.6) is 5.75 Å². The van der Waals surface area contributed by atoms with Gasteiger partial charge in [-0.1, -0.05) is 12.1 Å². The number of amides is 1. The third-order valence-electron chi connectivity index (χ3n) is 4.19. The maximum Gasteiger partial charge on any atom is 0.255 e. The van der Waals surface area contributed by atoms with E-state index in [0.29, 0.717) is 18.1 Å². The second-order valence-electron chi connectivity index (χ2n) is 6.13. The fraction of sp³-hybridized carbons (Fsp3) is 0.368. The molecule has 0 bridgehead atoms. The summed E-state index contributed by atoms with van der Waals surface area (Å²) in [5, 5.41) is 0. The number of carbonyl (C=O) groups is 1. The standard InChI is InChI=1S/C19H22N2O2/c1-15-5-2-8-18(11-15)23-14-16-6-4-10-21(13-16)19(22)17-7-3-9-20-12-17/h2-3,5,7-9,11-12,16H,4,6,10,13-14H2,1H3. The molecule has 0 N–H and O–H groups in total. The van der Waals surface area contributed by atoms with Gasteiger partial charge < -0.3 is 9.64 Å². The Labute approximate surface area is 137 Å². The lowest BCUT2D eigenvalue weighted by Crippen LogP contribution is -2.41. The number of rotatable bonds is 4. The first kappa shape index (κ1) is 15.5. The predicted molar refractivity (Wildman–Crippen MR) is 89.5 cm³/mol. The number of hydrogen-bond donors (Lipinski definition) is 0. The van der Waals surface area contributed by atoms with Crippen molar-refractivity contribution in [1.82, 2.24) is 9.88 Å². The van der Waals surface area contributed by atoms with Gasteiger partial charge in [0.2, 0.25) is 0 Å². The lowest BCUT2D eigenvalue weighted by molar-refractivity contribution is 0.0633. The van der Waals surface area contributed by atoms with Crippen LogP contribution in [-0.4, -0.2) is 35.5 Å². The molecule has 1 atom stereocenters. The SMILES string of the molecule is Cc1cccc(OCC2CCCN(C(=O)c3cccnc3)C2)c1. The minimum atomic E-state index is 0.0679. The number of likely N-dealkylation sites (tertiary alicyclic amines) is 1. The Balaban J connectivity index is 1.57. The highest BCUT2D eigenvalue weighted by Crippen LogP contribution is 2.20. The van der Waals surface area contributed by atoms with Crippen molar-refractivity contribution in [2.75, 3.05) is 19.7 Å². The highest BCUT2D eigenvalue weighted by atomic mass is 16.5. The molecule has 4 nitrogen and oxygen atoms in total. The average Bonchev–Trinajstić information content (AvgIpc) is 2.60. The molecule has 1 saturated heterocycles. The van der Waals surface area contributed by atoms with Crippen LogP contribution in [0.25, 0.3) is 0 Å². The quantitative estimate of drug-likeness (QED) is 0.870. The van der Waals surface area contributed by atoms with E-state index in [9.17, 15) is 4.79 Å². The summed E-state index contributed by atoms with van der Waals surface area (Å²) in [5.74, 6) is 1.35. The molecular formula is C19H22N2O2. The number of aromatic nitrogens is 1. The molecule has 0 saturated carbocycles. The Morgan fingerprint density at radius 2 is 2.26 bits per heavy atom. The lowest BCUT2D eigenvalue weighted by Gasteiger charge is -2.32. The zero-order valence-corrected chi connectivity index (χ0v) is 13.4. The fourth-order valence-corrected chi connectivity index (χ4v) is 2.98. The van der Waals surface area contributed by atoms with Crippen LogP contribution in [0, 0.1) is 12.8 Å². The molecule has 1 amide bonds. The van der Waals surface area contributed by atoms with E-state index < -0.39 is 0 Å². The monoisotopic (exact) mass is 310 g/mol. The molecule has 1 aromatic carbocycles. The maximum absolute atomic E-state index is 12.5. The zero-order chi connectivity index (χ0) is 16.1. The Hall–Kier alpha value is -2.36. The summed E-state index contributed by atoms with van der Waals surface area (Å²) in [5.41, 5.74) is 1.85. The van der Waals surface area contributed by atoms with Crippen LogP contribution in [0.3, 0.4) is 0 Å². The summed E-state index contributed by atoms with van der Waals surface area (Å²) >= 11 is 0. The third kappa shape index (κ3) is 4.09. The average molecular weight is 310 g/mol. The fourth-order valence-electron chi connectivity index (χ4n) is 2.98. The van der Waals surface area contributed by atoms with E-state index in [1.165, 1.54) is 5.56 Å². The second-order valence-corrected chi connectivity index (χ2v) is 6.13. The van der Waals surface area contributed by atoms with Crippen LogP contribution in [-0.2, 0) is 0 Å². The maximum atomic E-state index is 12.5. The summed E-state index contributed by atoms with van der Waals surface area (Å²) in [7, 11) is 0. The van der Waals surface area contributed by atoms with E-state index >= 15 is 0 Å². The molecule has 4 heteroatoms. The van der Waals surface area contributed by atoms with Crippen molar-refractivity contribution in [2.24, 2.45) is 5.92 Å². The van der Waals surface area contributed by atoms with Crippen LogP contribution < -0.4 is 4.74 Å². The number of pyridine rings is 1. The van der Waals surface area contributed by atoms with Crippen LogP contribution in [0.15, 0.2) is 48.8 Å². The summed E-state index contributed by atoms with van der Waals surface area (Å²) in [4.78, 5) is 18.5. The smallest absolute Gasteiger partial charge is 0.255 e. The highest BCUT2D eigenvalue weighted by Gasteiger charge is 2.25. The van der Waals surface area contributed by atoms with E-state index in [1.54, 1.807) is 18.5 Å². The topological polar surface area (TPSA) is 42.4 Å².